The van der Waals surface area contributed by atoms with E-state index in [-0.39, 0.29) is 16.9 Å². The molecule has 0 saturated carbocycles. The van der Waals surface area contributed by atoms with E-state index in [0.717, 1.165) is 61.7 Å². The normalized spacial score (nSPS) is 17.2. The maximum atomic E-state index is 13.8. The third kappa shape index (κ3) is 3.73. The second-order valence-electron chi connectivity index (χ2n) is 9.02. The van der Waals surface area contributed by atoms with Gasteiger partial charge in [0.25, 0.3) is 5.91 Å². The van der Waals surface area contributed by atoms with Gasteiger partial charge in [-0.1, -0.05) is 12.1 Å². The van der Waals surface area contributed by atoms with E-state index in [2.05, 4.69) is 20.4 Å². The fourth-order valence-electron chi connectivity index (χ4n) is 5.10. The number of likely N-dealkylation sites (tertiary alicyclic amines) is 1. The van der Waals surface area contributed by atoms with Gasteiger partial charge in [0.15, 0.2) is 0 Å². The van der Waals surface area contributed by atoms with Crippen molar-refractivity contribution in [3.8, 4) is 0 Å². The van der Waals surface area contributed by atoms with Gasteiger partial charge in [-0.05, 0) is 44.1 Å². The molecule has 2 aliphatic rings. The Morgan fingerprint density at radius 1 is 1.12 bits per heavy atom. The number of para-hydroxylation sites is 1. The van der Waals surface area contributed by atoms with Crippen LogP contribution >= 0.6 is 11.3 Å². The van der Waals surface area contributed by atoms with Crippen molar-refractivity contribution >= 4 is 49.0 Å². The zero-order chi connectivity index (χ0) is 23.1. The smallest absolute Gasteiger partial charge is 0.258 e. The molecular formula is C25H28N6O2S. The third-order valence-corrected chi connectivity index (χ3v) is 8.03. The van der Waals surface area contributed by atoms with Gasteiger partial charge in [-0.25, -0.2) is 4.98 Å². The lowest BCUT2D eigenvalue weighted by molar-refractivity contribution is 0.0950. The number of anilines is 1. The van der Waals surface area contributed by atoms with Crippen LogP contribution in [-0.4, -0.2) is 72.5 Å². The Labute approximate surface area is 201 Å². The molecule has 1 aromatic carbocycles. The lowest BCUT2D eigenvalue weighted by Crippen LogP contribution is -2.43. The number of rotatable bonds is 5. The SMILES string of the molecule is O=C(NCCN1CCCC1)c1c(=O)c2cc(N3CCNCC3)cnc2n2c1sc1ccccc12. The molecule has 0 unspecified atom stereocenters. The Kier molecular flexibility index (Phi) is 5.68. The van der Waals surface area contributed by atoms with Crippen molar-refractivity contribution < 1.29 is 4.79 Å². The van der Waals surface area contributed by atoms with Crippen LogP contribution in [0, 0.1) is 0 Å². The van der Waals surface area contributed by atoms with Crippen molar-refractivity contribution in [1.29, 1.82) is 0 Å². The number of pyridine rings is 2. The highest BCUT2D eigenvalue weighted by atomic mass is 32.1. The van der Waals surface area contributed by atoms with Gasteiger partial charge in [-0.2, -0.15) is 0 Å². The van der Waals surface area contributed by atoms with E-state index >= 15 is 0 Å². The van der Waals surface area contributed by atoms with Crippen molar-refractivity contribution in [3.63, 3.8) is 0 Å². The van der Waals surface area contributed by atoms with Crippen LogP contribution in [-0.2, 0) is 0 Å². The Bertz CT molecular complexity index is 1430. The first-order chi connectivity index (χ1) is 16.7. The molecule has 1 amide bonds. The molecule has 34 heavy (non-hydrogen) atoms. The predicted molar refractivity (Wildman–Crippen MR) is 137 cm³/mol. The number of carbonyl (C=O) groups is 1. The molecule has 0 radical (unpaired) electrons. The summed E-state index contributed by atoms with van der Waals surface area (Å²) in [6, 6.07) is 9.90. The zero-order valence-electron chi connectivity index (χ0n) is 19.0. The van der Waals surface area contributed by atoms with Crippen LogP contribution in [0.3, 0.4) is 0 Å². The van der Waals surface area contributed by atoms with E-state index in [1.165, 1.54) is 24.2 Å². The molecule has 6 rings (SSSR count). The number of thiazole rings is 1. The van der Waals surface area contributed by atoms with Crippen molar-refractivity contribution in [3.05, 3.63) is 52.3 Å². The second kappa shape index (κ2) is 8.98. The fraction of sp³-hybridized carbons (Fsp3) is 0.400. The number of hydrogen-bond donors (Lipinski definition) is 2. The van der Waals surface area contributed by atoms with Crippen LogP contribution < -0.4 is 21.0 Å². The lowest BCUT2D eigenvalue weighted by atomic mass is 10.1. The number of nitrogens with one attached hydrogen (secondary N) is 2. The highest BCUT2D eigenvalue weighted by Gasteiger charge is 2.23. The molecule has 0 bridgehead atoms. The van der Waals surface area contributed by atoms with Crippen LogP contribution in [0.15, 0.2) is 41.3 Å². The summed E-state index contributed by atoms with van der Waals surface area (Å²) >= 11 is 1.47. The highest BCUT2D eigenvalue weighted by Crippen LogP contribution is 2.31. The summed E-state index contributed by atoms with van der Waals surface area (Å²) in [6.45, 7) is 7.03. The minimum Gasteiger partial charge on any atom is -0.368 e. The minimum absolute atomic E-state index is 0.217. The van der Waals surface area contributed by atoms with Crippen molar-refractivity contribution in [2.75, 3.05) is 57.3 Å². The van der Waals surface area contributed by atoms with Gasteiger partial charge in [0.05, 0.1) is 27.5 Å². The Morgan fingerprint density at radius 3 is 2.74 bits per heavy atom. The molecule has 0 aliphatic carbocycles. The summed E-state index contributed by atoms with van der Waals surface area (Å²) in [6.07, 6.45) is 4.28. The molecule has 0 spiro atoms. The van der Waals surface area contributed by atoms with E-state index in [1.807, 2.05) is 40.9 Å². The number of hydrogen-bond acceptors (Lipinski definition) is 7. The maximum absolute atomic E-state index is 13.8. The molecule has 176 valence electrons. The molecule has 2 aliphatic heterocycles. The average molecular weight is 477 g/mol. The highest BCUT2D eigenvalue weighted by molar-refractivity contribution is 7.24. The largest absolute Gasteiger partial charge is 0.368 e. The zero-order valence-corrected chi connectivity index (χ0v) is 19.9. The van der Waals surface area contributed by atoms with Crippen LogP contribution in [0.1, 0.15) is 23.2 Å². The van der Waals surface area contributed by atoms with E-state index < -0.39 is 0 Å². The first-order valence-electron chi connectivity index (χ1n) is 12.0. The van der Waals surface area contributed by atoms with E-state index in [9.17, 15) is 9.59 Å². The van der Waals surface area contributed by atoms with Crippen molar-refractivity contribution in [1.82, 2.24) is 24.9 Å². The second-order valence-corrected chi connectivity index (χ2v) is 10.1. The number of fused-ring (bicyclic) bond motifs is 5. The van der Waals surface area contributed by atoms with Crippen LogP contribution in [0.4, 0.5) is 5.69 Å². The topological polar surface area (TPSA) is 82.0 Å². The maximum Gasteiger partial charge on any atom is 0.258 e. The number of piperazine rings is 1. The first kappa shape index (κ1) is 21.5. The van der Waals surface area contributed by atoms with Crippen LogP contribution in [0.2, 0.25) is 0 Å². The van der Waals surface area contributed by atoms with E-state index in [0.29, 0.717) is 22.4 Å². The summed E-state index contributed by atoms with van der Waals surface area (Å²) < 4.78 is 3.00. The summed E-state index contributed by atoms with van der Waals surface area (Å²) in [5.41, 5.74) is 2.45. The van der Waals surface area contributed by atoms with Crippen molar-refractivity contribution in [2.45, 2.75) is 12.8 Å². The molecular weight excluding hydrogens is 448 g/mol. The average Bonchev–Trinajstić information content (AvgIpc) is 3.52. The minimum atomic E-state index is -0.303. The van der Waals surface area contributed by atoms with Gasteiger partial charge in [0, 0.05) is 39.3 Å². The molecule has 5 heterocycles. The molecule has 0 atom stereocenters. The van der Waals surface area contributed by atoms with E-state index in [1.54, 1.807) is 0 Å². The lowest BCUT2D eigenvalue weighted by Gasteiger charge is -2.29. The number of nitrogens with zero attached hydrogens (tertiary/aromatic N) is 4. The van der Waals surface area contributed by atoms with Gasteiger partial charge >= 0.3 is 0 Å². The first-order valence-corrected chi connectivity index (χ1v) is 12.8. The molecule has 2 N–H and O–H groups in total. The summed E-state index contributed by atoms with van der Waals surface area (Å²) in [7, 11) is 0. The monoisotopic (exact) mass is 476 g/mol. The van der Waals surface area contributed by atoms with Gasteiger partial charge in [-0.3, -0.25) is 14.0 Å². The molecule has 2 fully saturated rings. The Morgan fingerprint density at radius 2 is 1.91 bits per heavy atom. The fourth-order valence-corrected chi connectivity index (χ4v) is 6.28. The van der Waals surface area contributed by atoms with Gasteiger partial charge in [0.2, 0.25) is 5.43 Å². The summed E-state index contributed by atoms with van der Waals surface area (Å²) in [5.74, 6) is -0.303. The van der Waals surface area contributed by atoms with E-state index in [4.69, 9.17) is 4.98 Å². The summed E-state index contributed by atoms with van der Waals surface area (Å²) in [5, 5.41) is 6.86. The number of benzene rings is 1. The third-order valence-electron chi connectivity index (χ3n) is 6.89. The molecule has 4 aromatic rings. The number of carbonyl (C=O) groups excluding carboxylic acids is 1. The van der Waals surface area contributed by atoms with Crippen molar-refractivity contribution in [2.24, 2.45) is 0 Å². The molecule has 2 saturated heterocycles. The van der Waals surface area contributed by atoms with Crippen LogP contribution in [0.25, 0.3) is 26.1 Å². The molecule has 8 nitrogen and oxygen atoms in total. The van der Waals surface area contributed by atoms with Gasteiger partial charge < -0.3 is 20.4 Å². The number of aromatic nitrogens is 2. The predicted octanol–water partition coefficient (Wildman–Crippen LogP) is 2.30. The number of amides is 1. The molecule has 3 aromatic heterocycles. The van der Waals surface area contributed by atoms with Gasteiger partial charge in [0.1, 0.15) is 16.0 Å². The molecule has 9 heteroatoms. The standard InChI is InChI=1S/C25H28N6O2S/c32-22-18-15-17(30-13-7-26-8-14-30)16-28-23(18)31-19-5-1-2-6-20(19)34-25(31)21(22)24(33)27-9-12-29-10-3-4-11-29/h1-2,5-6,15-16,26H,3-4,7-14H2,(H,27,33). The Balaban J connectivity index is 1.47. The van der Waals surface area contributed by atoms with Crippen LogP contribution in [0.5, 0.6) is 0 Å². The van der Waals surface area contributed by atoms with Gasteiger partial charge in [-0.15, -0.1) is 11.3 Å². The quantitative estimate of drug-likeness (QED) is 0.460. The summed E-state index contributed by atoms with van der Waals surface area (Å²) in [4.78, 5) is 37.1. The Hall–Kier alpha value is -3.01.